The molecule has 80 valence electrons. The molecule has 2 N–H and O–H groups in total. The minimum absolute atomic E-state index is 0.634. The van der Waals surface area contributed by atoms with Crippen LogP contribution in [0.3, 0.4) is 0 Å². The molecule has 1 aliphatic rings. The molecule has 0 unspecified atom stereocenters. The summed E-state index contributed by atoms with van der Waals surface area (Å²) in [4.78, 5) is 0. The third-order valence-electron chi connectivity index (χ3n) is 2.19. The van der Waals surface area contributed by atoms with Gasteiger partial charge in [0.1, 0.15) is 5.88 Å². The van der Waals surface area contributed by atoms with Gasteiger partial charge in [0, 0.05) is 13.6 Å². The van der Waals surface area contributed by atoms with E-state index in [1.807, 2.05) is 30.4 Å². The Hall–Kier alpha value is -1.20. The normalized spacial score (nSPS) is 15.9. The van der Waals surface area contributed by atoms with Gasteiger partial charge in [-0.25, -0.2) is 10.1 Å². The van der Waals surface area contributed by atoms with Crippen molar-refractivity contribution in [2.45, 2.75) is 6.54 Å². The van der Waals surface area contributed by atoms with Gasteiger partial charge in [0.15, 0.2) is 5.17 Å². The molecular formula is C10H14N4S. The molecule has 0 aliphatic carbocycles. The summed E-state index contributed by atoms with van der Waals surface area (Å²) in [6.07, 6.45) is 0. The second kappa shape index (κ2) is 4.55. The molecule has 1 aliphatic heterocycles. The number of amidine groups is 1. The van der Waals surface area contributed by atoms with E-state index < -0.39 is 0 Å². The quantitative estimate of drug-likeness (QED) is 0.836. The maximum atomic E-state index is 5.60. The molecule has 4 nitrogen and oxygen atoms in total. The van der Waals surface area contributed by atoms with Gasteiger partial charge in [0.2, 0.25) is 0 Å². The Morgan fingerprint density at radius 2 is 2.20 bits per heavy atom. The molecule has 0 spiro atoms. The summed E-state index contributed by atoms with van der Waals surface area (Å²) in [6.45, 7) is 0.845. The fraction of sp³-hybridized carbons (Fsp3) is 0.300. The van der Waals surface area contributed by atoms with Crippen LogP contribution in [0, 0.1) is 0 Å². The lowest BCUT2D eigenvalue weighted by Crippen LogP contribution is -2.33. The smallest absolute Gasteiger partial charge is 0.181 e. The molecular weight excluding hydrogens is 208 g/mol. The first-order valence-corrected chi connectivity index (χ1v) is 5.73. The van der Waals surface area contributed by atoms with Crippen LogP contribution in [0.15, 0.2) is 35.4 Å². The van der Waals surface area contributed by atoms with Gasteiger partial charge in [0.25, 0.3) is 0 Å². The minimum atomic E-state index is 0.634. The highest BCUT2D eigenvalue weighted by molar-refractivity contribution is 8.13. The first-order valence-electron chi connectivity index (χ1n) is 4.75. The Morgan fingerprint density at radius 3 is 2.80 bits per heavy atom. The summed E-state index contributed by atoms with van der Waals surface area (Å²) in [7, 11) is 2.01. The highest BCUT2D eigenvalue weighted by Crippen LogP contribution is 2.16. The summed E-state index contributed by atoms with van der Waals surface area (Å²) in [6, 6.07) is 10.3. The highest BCUT2D eigenvalue weighted by Gasteiger charge is 2.16. The van der Waals surface area contributed by atoms with E-state index in [1.165, 1.54) is 5.56 Å². The number of hydrazine groups is 1. The predicted molar refractivity (Wildman–Crippen MR) is 63.8 cm³/mol. The van der Waals surface area contributed by atoms with Gasteiger partial charge in [-0.05, 0) is 5.56 Å². The van der Waals surface area contributed by atoms with Crippen molar-refractivity contribution in [2.24, 2.45) is 10.8 Å². The first kappa shape index (κ1) is 10.3. The molecule has 0 fully saturated rings. The molecule has 0 bridgehead atoms. The molecule has 1 aromatic rings. The van der Waals surface area contributed by atoms with E-state index in [2.05, 4.69) is 22.2 Å². The van der Waals surface area contributed by atoms with Crippen molar-refractivity contribution in [3.63, 3.8) is 0 Å². The molecule has 0 atom stereocenters. The lowest BCUT2D eigenvalue weighted by molar-refractivity contribution is 0.0178. The van der Waals surface area contributed by atoms with E-state index in [1.54, 1.807) is 11.8 Å². The van der Waals surface area contributed by atoms with E-state index >= 15 is 0 Å². The Kier molecular flexibility index (Phi) is 3.13. The fourth-order valence-electron chi connectivity index (χ4n) is 1.40. The van der Waals surface area contributed by atoms with Crippen LogP contribution in [-0.2, 0) is 6.54 Å². The van der Waals surface area contributed by atoms with Gasteiger partial charge < -0.3 is 5.73 Å². The van der Waals surface area contributed by atoms with Crippen LogP contribution in [-0.4, -0.2) is 28.2 Å². The standard InChI is InChI=1S/C10H14N4S/c1-13(14-8-15-10(11)12-14)7-9-5-3-2-4-6-9/h2-6H,7-8H2,1H3,(H2,11,12). The third-order valence-corrected chi connectivity index (χ3v) is 2.93. The SMILES string of the molecule is CN(Cc1ccccc1)N1CSC(N)=N1. The van der Waals surface area contributed by atoms with Gasteiger partial charge in [-0.15, -0.1) is 5.10 Å². The Morgan fingerprint density at radius 1 is 1.47 bits per heavy atom. The molecule has 2 rings (SSSR count). The number of nitrogens with zero attached hydrogens (tertiary/aromatic N) is 3. The minimum Gasteiger partial charge on any atom is -0.377 e. The topological polar surface area (TPSA) is 44.9 Å². The molecule has 0 aromatic heterocycles. The van der Waals surface area contributed by atoms with Crippen molar-refractivity contribution in [3.8, 4) is 0 Å². The van der Waals surface area contributed by atoms with Crippen molar-refractivity contribution < 1.29 is 0 Å². The molecule has 15 heavy (non-hydrogen) atoms. The average molecular weight is 222 g/mol. The molecule has 0 saturated carbocycles. The van der Waals surface area contributed by atoms with Crippen molar-refractivity contribution in [3.05, 3.63) is 35.9 Å². The van der Waals surface area contributed by atoms with Gasteiger partial charge in [-0.1, -0.05) is 42.1 Å². The Balaban J connectivity index is 1.96. The van der Waals surface area contributed by atoms with Crippen LogP contribution >= 0.6 is 11.8 Å². The van der Waals surface area contributed by atoms with Crippen LogP contribution in [0.4, 0.5) is 0 Å². The average Bonchev–Trinajstić information content (AvgIpc) is 2.66. The largest absolute Gasteiger partial charge is 0.377 e. The van der Waals surface area contributed by atoms with Crippen LogP contribution in [0.1, 0.15) is 5.56 Å². The summed E-state index contributed by atoms with van der Waals surface area (Å²) in [5.41, 5.74) is 6.87. The molecule has 0 amide bonds. The predicted octanol–water partition coefficient (Wildman–Crippen LogP) is 1.27. The van der Waals surface area contributed by atoms with E-state index in [4.69, 9.17) is 5.73 Å². The van der Waals surface area contributed by atoms with Crippen LogP contribution in [0.2, 0.25) is 0 Å². The van der Waals surface area contributed by atoms with Crippen LogP contribution in [0.5, 0.6) is 0 Å². The zero-order valence-electron chi connectivity index (χ0n) is 8.63. The van der Waals surface area contributed by atoms with Crippen LogP contribution in [0.25, 0.3) is 0 Å². The van der Waals surface area contributed by atoms with E-state index in [0.717, 1.165) is 12.4 Å². The zero-order chi connectivity index (χ0) is 10.7. The molecule has 1 aromatic carbocycles. The molecule has 5 heteroatoms. The lowest BCUT2D eigenvalue weighted by Gasteiger charge is -2.25. The number of thioether (sulfide) groups is 1. The monoisotopic (exact) mass is 222 g/mol. The fourth-order valence-corrected chi connectivity index (χ4v) is 2.05. The maximum Gasteiger partial charge on any atom is 0.181 e. The molecule has 0 saturated heterocycles. The summed E-state index contributed by atoms with van der Waals surface area (Å²) in [5, 5.41) is 8.78. The zero-order valence-corrected chi connectivity index (χ0v) is 9.44. The van der Waals surface area contributed by atoms with E-state index in [-0.39, 0.29) is 0 Å². The van der Waals surface area contributed by atoms with Crippen molar-refractivity contribution in [2.75, 3.05) is 12.9 Å². The summed E-state index contributed by atoms with van der Waals surface area (Å²) < 4.78 is 0. The molecule has 1 heterocycles. The number of hydrogen-bond donors (Lipinski definition) is 1. The van der Waals surface area contributed by atoms with Gasteiger partial charge in [-0.2, -0.15) is 0 Å². The van der Waals surface area contributed by atoms with E-state index in [9.17, 15) is 0 Å². The van der Waals surface area contributed by atoms with Gasteiger partial charge in [-0.3, -0.25) is 0 Å². The second-order valence-corrected chi connectivity index (χ2v) is 4.35. The number of rotatable bonds is 3. The van der Waals surface area contributed by atoms with Crippen LogP contribution < -0.4 is 5.73 Å². The third kappa shape index (κ3) is 2.64. The van der Waals surface area contributed by atoms with Crippen molar-refractivity contribution >= 4 is 16.9 Å². The van der Waals surface area contributed by atoms with E-state index in [0.29, 0.717) is 5.17 Å². The summed E-state index contributed by atoms with van der Waals surface area (Å²) in [5.74, 6) is 0.801. The summed E-state index contributed by atoms with van der Waals surface area (Å²) >= 11 is 1.56. The van der Waals surface area contributed by atoms with Gasteiger partial charge >= 0.3 is 0 Å². The Bertz CT molecular complexity index is 352. The number of benzene rings is 1. The maximum absolute atomic E-state index is 5.60. The van der Waals surface area contributed by atoms with Crippen molar-refractivity contribution in [1.82, 2.24) is 10.1 Å². The highest BCUT2D eigenvalue weighted by atomic mass is 32.2. The second-order valence-electron chi connectivity index (χ2n) is 3.39. The number of hydrazone groups is 1. The number of nitrogens with two attached hydrogens (primary N) is 1. The lowest BCUT2D eigenvalue weighted by atomic mass is 10.2. The van der Waals surface area contributed by atoms with Crippen molar-refractivity contribution in [1.29, 1.82) is 0 Å². The Labute approximate surface area is 93.7 Å². The first-order chi connectivity index (χ1) is 7.25. The number of hydrogen-bond acceptors (Lipinski definition) is 5. The molecule has 0 radical (unpaired) electrons. The van der Waals surface area contributed by atoms with Gasteiger partial charge in [0.05, 0.1) is 0 Å².